The van der Waals surface area contributed by atoms with Crippen LogP contribution in [0.5, 0.6) is 11.5 Å². The van der Waals surface area contributed by atoms with Crippen LogP contribution in [-0.2, 0) is 31.0 Å². The molecule has 0 aromatic heterocycles. The Morgan fingerprint density at radius 2 is 1.80 bits per heavy atom. The Bertz CT molecular complexity index is 2030. The molecule has 4 aliphatic rings. The number of nitrogens with one attached hydrogen (secondary N) is 1. The van der Waals surface area contributed by atoms with Gasteiger partial charge in [0, 0.05) is 16.5 Å². The number of urea groups is 1. The molecule has 13 heteroatoms. The van der Waals surface area contributed by atoms with Gasteiger partial charge in [-0.25, -0.2) is 4.79 Å². The van der Waals surface area contributed by atoms with Gasteiger partial charge in [0.1, 0.15) is 11.5 Å². The smallest absolute Gasteiger partial charge is 0.328 e. The molecule has 1 saturated carbocycles. The second-order valence-corrected chi connectivity index (χ2v) is 13.8. The van der Waals surface area contributed by atoms with Crippen molar-refractivity contribution in [2.45, 2.75) is 30.6 Å². The molecule has 50 heavy (non-hydrogen) atoms. The molecule has 6 amide bonds. The number of carbonyl (C=O) groups excluding carboxylic acids is 5. The number of para-hydroxylation sites is 1. The average molecular weight is 716 g/mol. The third-order valence-corrected chi connectivity index (χ3v) is 11.2. The summed E-state index contributed by atoms with van der Waals surface area (Å²) in [5, 5.41) is 13.4. The third-order valence-electron chi connectivity index (χ3n) is 10.6. The van der Waals surface area contributed by atoms with Crippen molar-refractivity contribution in [1.82, 2.24) is 9.91 Å². The maximum absolute atomic E-state index is 15.3. The number of phenolic OH excluding ortho intramolecular Hbond substituents is 1. The standard InChI is InChI=1S/C37H32Cl2N4O7/c1-3-5-18-6-4-7-24(31(18)44)30-22-13-14-23-29(34(47)42(32(23)45)36(40)49)25(22)17-26-33(46)43(41-28-15-10-20(38)16-27(28)39)35(48)37(26,30)19-8-11-21(50-2)12-9-19/h3-4,6-13,15-16,23,25-26,29-30,41,44H,1,5,14,17H2,2H3,(H2,40,49). The first-order valence-electron chi connectivity index (χ1n) is 16.0. The molecule has 2 heterocycles. The molecule has 2 aliphatic heterocycles. The van der Waals surface area contributed by atoms with Crippen LogP contribution in [0, 0.1) is 23.7 Å². The topological polar surface area (TPSA) is 159 Å². The van der Waals surface area contributed by atoms with Gasteiger partial charge in [0.05, 0.1) is 41.0 Å². The zero-order valence-corrected chi connectivity index (χ0v) is 28.3. The molecule has 3 aromatic carbocycles. The molecule has 0 bridgehead atoms. The van der Waals surface area contributed by atoms with Crippen LogP contribution < -0.4 is 15.9 Å². The van der Waals surface area contributed by atoms with Crippen molar-refractivity contribution in [2.75, 3.05) is 12.5 Å². The molecule has 7 rings (SSSR count). The minimum Gasteiger partial charge on any atom is -0.507 e. The molecule has 3 fully saturated rings. The van der Waals surface area contributed by atoms with Crippen LogP contribution in [0.15, 0.2) is 85.0 Å². The quantitative estimate of drug-likeness (QED) is 0.214. The largest absolute Gasteiger partial charge is 0.507 e. The number of aromatic hydroxyl groups is 1. The number of phenols is 1. The number of rotatable bonds is 7. The fraction of sp³-hybridized carbons (Fsp3) is 0.270. The van der Waals surface area contributed by atoms with Crippen molar-refractivity contribution < 1.29 is 33.8 Å². The maximum atomic E-state index is 15.3. The van der Waals surface area contributed by atoms with Gasteiger partial charge in [0.25, 0.3) is 11.8 Å². The molecule has 3 aromatic rings. The molecule has 6 unspecified atom stereocenters. The van der Waals surface area contributed by atoms with Gasteiger partial charge in [-0.2, -0.15) is 9.91 Å². The number of nitrogens with zero attached hydrogens (tertiary/aromatic N) is 2. The number of benzene rings is 3. The highest BCUT2D eigenvalue weighted by Gasteiger charge is 2.71. The van der Waals surface area contributed by atoms with E-state index in [-0.39, 0.29) is 29.3 Å². The lowest BCUT2D eigenvalue weighted by atomic mass is 9.49. The van der Waals surface area contributed by atoms with Gasteiger partial charge in [-0.05, 0) is 66.6 Å². The number of methoxy groups -OCH3 is 1. The summed E-state index contributed by atoms with van der Waals surface area (Å²) in [5.74, 6) is -7.00. The first-order chi connectivity index (χ1) is 23.9. The summed E-state index contributed by atoms with van der Waals surface area (Å²) in [7, 11) is 1.51. The van der Waals surface area contributed by atoms with Crippen LogP contribution in [-0.4, -0.2) is 51.8 Å². The zero-order valence-electron chi connectivity index (χ0n) is 26.8. The summed E-state index contributed by atoms with van der Waals surface area (Å²) >= 11 is 12.6. The predicted molar refractivity (Wildman–Crippen MR) is 184 cm³/mol. The van der Waals surface area contributed by atoms with Crippen molar-refractivity contribution in [3.63, 3.8) is 0 Å². The molecule has 2 aliphatic carbocycles. The van der Waals surface area contributed by atoms with Gasteiger partial charge in [-0.15, -0.1) is 6.58 Å². The molecule has 0 spiro atoms. The maximum Gasteiger partial charge on any atom is 0.328 e. The number of likely N-dealkylation sites (tertiary alicyclic amines) is 1. The highest BCUT2D eigenvalue weighted by molar-refractivity contribution is 6.36. The molecule has 256 valence electrons. The summed E-state index contributed by atoms with van der Waals surface area (Å²) in [4.78, 5) is 70.0. The van der Waals surface area contributed by atoms with E-state index in [1.54, 1.807) is 60.7 Å². The number of nitrogens with two attached hydrogens (primary N) is 1. The van der Waals surface area contributed by atoms with Crippen molar-refractivity contribution in [1.29, 1.82) is 0 Å². The number of carbonyl (C=O) groups is 5. The van der Waals surface area contributed by atoms with Gasteiger partial charge >= 0.3 is 6.03 Å². The summed E-state index contributed by atoms with van der Waals surface area (Å²) in [6.45, 7) is 3.81. The highest BCUT2D eigenvalue weighted by Crippen LogP contribution is 2.65. The Labute approximate surface area is 297 Å². The monoisotopic (exact) mass is 714 g/mol. The highest BCUT2D eigenvalue weighted by atomic mass is 35.5. The Morgan fingerprint density at radius 1 is 1.06 bits per heavy atom. The number of hydrazine groups is 1. The number of amides is 6. The van der Waals surface area contributed by atoms with Gasteiger partial charge < -0.3 is 15.6 Å². The van der Waals surface area contributed by atoms with Crippen molar-refractivity contribution in [3.05, 3.63) is 112 Å². The van der Waals surface area contributed by atoms with E-state index in [4.69, 9.17) is 33.7 Å². The van der Waals surface area contributed by atoms with Gasteiger partial charge in [0.15, 0.2) is 0 Å². The van der Waals surface area contributed by atoms with E-state index in [1.807, 2.05) is 6.08 Å². The molecular weight excluding hydrogens is 683 g/mol. The number of halogens is 2. The number of hydrogen-bond acceptors (Lipinski definition) is 8. The molecule has 11 nitrogen and oxygen atoms in total. The summed E-state index contributed by atoms with van der Waals surface area (Å²) in [6.07, 6.45) is 3.83. The van der Waals surface area contributed by atoms with E-state index in [1.165, 1.54) is 13.2 Å². The summed E-state index contributed by atoms with van der Waals surface area (Å²) in [5.41, 5.74) is 8.98. The van der Waals surface area contributed by atoms with Crippen LogP contribution in [0.3, 0.4) is 0 Å². The predicted octanol–water partition coefficient (Wildman–Crippen LogP) is 5.50. The Morgan fingerprint density at radius 3 is 2.46 bits per heavy atom. The van der Waals surface area contributed by atoms with Crippen molar-refractivity contribution in [2.24, 2.45) is 29.4 Å². The van der Waals surface area contributed by atoms with E-state index in [0.29, 0.717) is 44.4 Å². The van der Waals surface area contributed by atoms with Crippen LogP contribution in [0.2, 0.25) is 10.0 Å². The molecule has 6 atom stereocenters. The van der Waals surface area contributed by atoms with Crippen LogP contribution in [0.1, 0.15) is 35.4 Å². The average Bonchev–Trinajstić information content (AvgIpc) is 3.48. The SMILES string of the molecule is C=CCc1cccc(C2C3=CCC4C(=O)N(C(N)=O)C(=O)C4C3CC3C(=O)N(Nc4ccc(Cl)cc4Cl)C(=O)C32c2ccc(OC)cc2)c1O. The number of fused-ring (bicyclic) bond motifs is 4. The molecule has 4 N–H and O–H groups in total. The van der Waals surface area contributed by atoms with E-state index in [9.17, 15) is 24.3 Å². The van der Waals surface area contributed by atoms with Crippen LogP contribution in [0.4, 0.5) is 10.5 Å². The first kappa shape index (κ1) is 33.4. The van der Waals surface area contributed by atoms with E-state index >= 15 is 4.79 Å². The van der Waals surface area contributed by atoms with Crippen molar-refractivity contribution in [3.8, 4) is 11.5 Å². The number of allylic oxidation sites excluding steroid dienone is 3. The summed E-state index contributed by atoms with van der Waals surface area (Å²) < 4.78 is 5.42. The Hall–Kier alpha value is -5.13. The fourth-order valence-corrected chi connectivity index (χ4v) is 9.02. The number of hydrogen-bond donors (Lipinski definition) is 3. The molecule has 2 saturated heterocycles. The van der Waals surface area contributed by atoms with E-state index in [0.717, 1.165) is 5.01 Å². The van der Waals surface area contributed by atoms with E-state index < -0.39 is 64.7 Å². The number of imide groups is 4. The lowest BCUT2D eigenvalue weighted by molar-refractivity contribution is -0.139. The number of primary amides is 1. The summed E-state index contributed by atoms with van der Waals surface area (Å²) in [6, 6.07) is 15.4. The van der Waals surface area contributed by atoms with Crippen LogP contribution >= 0.6 is 23.2 Å². The van der Waals surface area contributed by atoms with E-state index in [2.05, 4.69) is 12.0 Å². The minimum absolute atomic E-state index is 0.0225. The van der Waals surface area contributed by atoms with Gasteiger partial charge in [-0.3, -0.25) is 24.6 Å². The Kier molecular flexibility index (Phi) is 8.23. The van der Waals surface area contributed by atoms with Gasteiger partial charge in [0.2, 0.25) is 11.8 Å². The Balaban J connectivity index is 1.49. The zero-order chi connectivity index (χ0) is 35.6. The minimum atomic E-state index is -1.66. The number of anilines is 1. The number of ether oxygens (including phenoxy) is 1. The lowest BCUT2D eigenvalue weighted by Crippen LogP contribution is -2.53. The fourth-order valence-electron chi connectivity index (χ4n) is 8.57. The van der Waals surface area contributed by atoms with Crippen molar-refractivity contribution >= 4 is 58.5 Å². The first-order valence-corrected chi connectivity index (χ1v) is 16.7. The second-order valence-electron chi connectivity index (χ2n) is 12.9. The lowest BCUT2D eigenvalue weighted by Gasteiger charge is -2.50. The molecular formula is C37H32Cl2N4O7. The van der Waals surface area contributed by atoms with Gasteiger partial charge in [-0.1, -0.05) is 71.3 Å². The third kappa shape index (κ3) is 4.74. The second kappa shape index (κ2) is 12.3. The molecule has 0 radical (unpaired) electrons. The normalized spacial score (nSPS) is 27.0. The van der Waals surface area contributed by atoms with Crippen LogP contribution in [0.25, 0.3) is 0 Å².